The number of aromatic amines is 1. The maximum absolute atomic E-state index is 11.4. The molecule has 0 bridgehead atoms. The van der Waals surface area contributed by atoms with Crippen LogP contribution in [0.25, 0.3) is 0 Å². The van der Waals surface area contributed by atoms with Crippen LogP contribution >= 0.6 is 0 Å². The first-order chi connectivity index (χ1) is 8.29. The highest BCUT2D eigenvalue weighted by atomic mass is 16.5. The van der Waals surface area contributed by atoms with E-state index in [0.29, 0.717) is 5.75 Å². The van der Waals surface area contributed by atoms with E-state index >= 15 is 0 Å². The summed E-state index contributed by atoms with van der Waals surface area (Å²) in [4.78, 5) is 17.8. The zero-order valence-corrected chi connectivity index (χ0v) is 9.43. The zero-order chi connectivity index (χ0) is 12.1. The molecule has 0 fully saturated rings. The fraction of sp³-hybridized carbons (Fsp3) is 0.167. The first kappa shape index (κ1) is 11.3. The molecule has 0 unspecified atom stereocenters. The van der Waals surface area contributed by atoms with Crippen LogP contribution in [0, 0.1) is 0 Å². The molecule has 0 saturated carbocycles. The van der Waals surface area contributed by atoms with Gasteiger partial charge in [-0.05, 0) is 24.7 Å². The molecule has 17 heavy (non-hydrogen) atoms. The van der Waals surface area contributed by atoms with E-state index in [0.717, 1.165) is 12.1 Å². The predicted molar refractivity (Wildman–Crippen MR) is 64.1 cm³/mol. The number of aromatic nitrogens is 2. The molecule has 0 aliphatic carbocycles. The summed E-state index contributed by atoms with van der Waals surface area (Å²) in [5.41, 5.74) is 0.740. The van der Waals surface area contributed by atoms with Crippen molar-refractivity contribution >= 4 is 0 Å². The second-order valence-corrected chi connectivity index (χ2v) is 3.50. The van der Waals surface area contributed by atoms with Crippen molar-refractivity contribution in [3.63, 3.8) is 0 Å². The molecule has 0 radical (unpaired) electrons. The van der Waals surface area contributed by atoms with Crippen molar-refractivity contribution in [2.75, 3.05) is 7.05 Å². The predicted octanol–water partition coefficient (Wildman–Crippen LogP) is 1.28. The molecule has 88 valence electrons. The van der Waals surface area contributed by atoms with Crippen molar-refractivity contribution in [3.8, 4) is 11.6 Å². The summed E-state index contributed by atoms with van der Waals surface area (Å²) in [5.74, 6) is 0.649. The van der Waals surface area contributed by atoms with Gasteiger partial charge in [-0.2, -0.15) is 0 Å². The van der Waals surface area contributed by atoms with Crippen LogP contribution in [0.1, 0.15) is 5.56 Å². The lowest BCUT2D eigenvalue weighted by Crippen LogP contribution is -2.09. The fourth-order valence-electron chi connectivity index (χ4n) is 1.45. The molecule has 5 heteroatoms. The Morgan fingerprint density at radius 1 is 1.47 bits per heavy atom. The Morgan fingerprint density at radius 3 is 3.12 bits per heavy atom. The van der Waals surface area contributed by atoms with E-state index in [1.807, 2.05) is 25.2 Å². The minimum absolute atomic E-state index is 0.0501. The number of hydrogen-bond acceptors (Lipinski definition) is 4. The minimum Gasteiger partial charge on any atom is -0.435 e. The number of H-pyrrole nitrogens is 1. The van der Waals surface area contributed by atoms with Crippen LogP contribution in [0.5, 0.6) is 11.6 Å². The van der Waals surface area contributed by atoms with Gasteiger partial charge in [0.2, 0.25) is 0 Å². The lowest BCUT2D eigenvalue weighted by atomic mass is 10.2. The van der Waals surface area contributed by atoms with Crippen molar-refractivity contribution in [1.29, 1.82) is 0 Å². The van der Waals surface area contributed by atoms with Gasteiger partial charge >= 0.3 is 5.56 Å². The van der Waals surface area contributed by atoms with E-state index in [-0.39, 0.29) is 11.4 Å². The van der Waals surface area contributed by atoms with Crippen LogP contribution in [0.3, 0.4) is 0 Å². The van der Waals surface area contributed by atoms with E-state index in [4.69, 9.17) is 4.74 Å². The van der Waals surface area contributed by atoms with Crippen molar-refractivity contribution < 1.29 is 4.74 Å². The van der Waals surface area contributed by atoms with Crippen LogP contribution < -0.4 is 15.6 Å². The molecular weight excluding hydrogens is 218 g/mol. The van der Waals surface area contributed by atoms with Gasteiger partial charge in [-0.1, -0.05) is 12.1 Å². The molecule has 0 spiro atoms. The largest absolute Gasteiger partial charge is 0.435 e. The summed E-state index contributed by atoms with van der Waals surface area (Å²) in [6.45, 7) is 0.746. The Labute approximate surface area is 98.5 Å². The van der Waals surface area contributed by atoms with E-state index < -0.39 is 0 Å². The van der Waals surface area contributed by atoms with Gasteiger partial charge in [0.05, 0.1) is 0 Å². The highest BCUT2D eigenvalue weighted by molar-refractivity contribution is 5.30. The van der Waals surface area contributed by atoms with Crippen LogP contribution in [-0.2, 0) is 6.54 Å². The van der Waals surface area contributed by atoms with Crippen molar-refractivity contribution in [1.82, 2.24) is 15.3 Å². The van der Waals surface area contributed by atoms with E-state index in [2.05, 4.69) is 15.3 Å². The standard InChI is InChI=1S/C12H13N3O2/c1-13-8-9-3-2-4-10(7-9)17-12-11(16)14-5-6-15-12/h2-7,13H,8H2,1H3,(H,14,16). The van der Waals surface area contributed by atoms with Gasteiger partial charge in [0.1, 0.15) is 5.75 Å². The molecule has 0 amide bonds. The Morgan fingerprint density at radius 2 is 2.35 bits per heavy atom. The van der Waals surface area contributed by atoms with Crippen LogP contribution in [-0.4, -0.2) is 17.0 Å². The number of benzene rings is 1. The molecule has 0 saturated heterocycles. The monoisotopic (exact) mass is 231 g/mol. The summed E-state index contributed by atoms with van der Waals surface area (Å²) in [6.07, 6.45) is 2.95. The summed E-state index contributed by atoms with van der Waals surface area (Å²) in [5, 5.41) is 3.05. The molecule has 2 rings (SSSR count). The third-order valence-corrected chi connectivity index (χ3v) is 2.17. The maximum Gasteiger partial charge on any atom is 0.311 e. The second-order valence-electron chi connectivity index (χ2n) is 3.50. The van der Waals surface area contributed by atoms with Gasteiger partial charge in [0.15, 0.2) is 0 Å². The van der Waals surface area contributed by atoms with Gasteiger partial charge in [0, 0.05) is 18.9 Å². The number of hydrogen-bond donors (Lipinski definition) is 2. The van der Waals surface area contributed by atoms with E-state index in [1.54, 1.807) is 6.07 Å². The van der Waals surface area contributed by atoms with Gasteiger partial charge in [0.25, 0.3) is 5.88 Å². The molecule has 1 aromatic carbocycles. The molecule has 1 aromatic heterocycles. The smallest absolute Gasteiger partial charge is 0.311 e. The second kappa shape index (κ2) is 5.27. The summed E-state index contributed by atoms with van der Waals surface area (Å²) < 4.78 is 5.41. The molecular formula is C12H13N3O2. The third-order valence-electron chi connectivity index (χ3n) is 2.17. The summed E-state index contributed by atoms with van der Waals surface area (Å²) in [7, 11) is 1.87. The highest BCUT2D eigenvalue weighted by Gasteiger charge is 2.03. The number of ether oxygens (including phenoxy) is 1. The molecule has 1 heterocycles. The molecule has 0 aliphatic rings. The Bertz CT molecular complexity index is 551. The number of nitrogens with zero attached hydrogens (tertiary/aromatic N) is 1. The lowest BCUT2D eigenvalue weighted by molar-refractivity contribution is 0.453. The first-order valence-electron chi connectivity index (χ1n) is 5.24. The van der Waals surface area contributed by atoms with Crippen LogP contribution in [0.2, 0.25) is 0 Å². The fourth-order valence-corrected chi connectivity index (χ4v) is 1.45. The average molecular weight is 231 g/mol. The van der Waals surface area contributed by atoms with E-state index in [9.17, 15) is 4.79 Å². The van der Waals surface area contributed by atoms with Gasteiger partial charge < -0.3 is 15.0 Å². The molecule has 2 N–H and O–H groups in total. The Kier molecular flexibility index (Phi) is 3.52. The topological polar surface area (TPSA) is 67.0 Å². The van der Waals surface area contributed by atoms with E-state index in [1.165, 1.54) is 12.4 Å². The molecule has 0 atom stereocenters. The summed E-state index contributed by atoms with van der Waals surface area (Å²) in [6, 6.07) is 7.50. The Hall–Kier alpha value is -2.14. The molecule has 0 aliphatic heterocycles. The SMILES string of the molecule is CNCc1cccc(Oc2ncc[nH]c2=O)c1. The van der Waals surface area contributed by atoms with Crippen LogP contribution in [0.4, 0.5) is 0 Å². The van der Waals surface area contributed by atoms with Gasteiger partial charge in [-0.3, -0.25) is 4.79 Å². The Balaban J connectivity index is 2.21. The quantitative estimate of drug-likeness (QED) is 0.831. The number of nitrogens with one attached hydrogen (secondary N) is 2. The summed E-state index contributed by atoms with van der Waals surface area (Å²) >= 11 is 0. The maximum atomic E-state index is 11.4. The van der Waals surface area contributed by atoms with Crippen molar-refractivity contribution in [2.45, 2.75) is 6.54 Å². The van der Waals surface area contributed by atoms with Gasteiger partial charge in [-0.15, -0.1) is 0 Å². The van der Waals surface area contributed by atoms with Crippen molar-refractivity contribution in [3.05, 3.63) is 52.6 Å². The zero-order valence-electron chi connectivity index (χ0n) is 9.43. The van der Waals surface area contributed by atoms with Crippen LogP contribution in [0.15, 0.2) is 41.5 Å². The normalized spacial score (nSPS) is 10.2. The number of rotatable bonds is 4. The lowest BCUT2D eigenvalue weighted by Gasteiger charge is -2.05. The highest BCUT2D eigenvalue weighted by Crippen LogP contribution is 2.17. The average Bonchev–Trinajstić information content (AvgIpc) is 2.33. The van der Waals surface area contributed by atoms with Gasteiger partial charge in [-0.25, -0.2) is 4.98 Å². The minimum atomic E-state index is -0.341. The van der Waals surface area contributed by atoms with Crippen molar-refractivity contribution in [2.24, 2.45) is 0 Å². The third kappa shape index (κ3) is 2.92. The molecule has 2 aromatic rings. The molecule has 5 nitrogen and oxygen atoms in total. The first-order valence-corrected chi connectivity index (χ1v) is 5.24.